The molecule has 0 aromatic carbocycles. The highest BCUT2D eigenvalue weighted by Crippen LogP contribution is 2.20. The second-order valence-electron chi connectivity index (χ2n) is 2.77. The standard InChI is InChI=1S/C8H7BrN4OS/c1-2-13-7(5(9)3-11-13)8(14)6-4-10-12-15-6/h3-4H,2H2,1H3. The molecule has 2 heterocycles. The molecule has 0 bridgehead atoms. The molecule has 0 saturated carbocycles. The fraction of sp³-hybridized carbons (Fsp3) is 0.250. The maximum atomic E-state index is 12.0. The first-order valence-corrected chi connectivity index (χ1v) is 5.84. The monoisotopic (exact) mass is 286 g/mol. The van der Waals surface area contributed by atoms with Crippen molar-refractivity contribution in [2.45, 2.75) is 13.5 Å². The van der Waals surface area contributed by atoms with E-state index in [0.717, 1.165) is 11.5 Å². The van der Waals surface area contributed by atoms with Gasteiger partial charge in [0.2, 0.25) is 5.78 Å². The van der Waals surface area contributed by atoms with E-state index in [9.17, 15) is 4.79 Å². The summed E-state index contributed by atoms with van der Waals surface area (Å²) >= 11 is 4.39. The Labute approximate surface area is 98.4 Å². The van der Waals surface area contributed by atoms with E-state index in [0.29, 0.717) is 21.6 Å². The average molecular weight is 287 g/mol. The van der Waals surface area contributed by atoms with E-state index < -0.39 is 0 Å². The third-order valence-corrected chi connectivity index (χ3v) is 3.14. The van der Waals surface area contributed by atoms with E-state index in [4.69, 9.17) is 0 Å². The molecule has 2 aromatic rings. The second kappa shape index (κ2) is 4.19. The number of carbonyl (C=O) groups is 1. The molecule has 0 aliphatic carbocycles. The Hall–Kier alpha value is -1.08. The molecule has 7 heteroatoms. The maximum absolute atomic E-state index is 12.0. The molecule has 0 aliphatic rings. The highest BCUT2D eigenvalue weighted by Gasteiger charge is 2.19. The Bertz CT molecular complexity index is 479. The van der Waals surface area contributed by atoms with Crippen LogP contribution in [0.1, 0.15) is 22.3 Å². The van der Waals surface area contributed by atoms with Crippen molar-refractivity contribution >= 4 is 33.2 Å². The lowest BCUT2D eigenvalue weighted by atomic mass is 10.2. The van der Waals surface area contributed by atoms with Gasteiger partial charge in [0.05, 0.1) is 16.9 Å². The normalized spacial score (nSPS) is 10.5. The first-order chi connectivity index (χ1) is 7.24. The molecule has 0 unspecified atom stereocenters. The molecule has 0 aliphatic heterocycles. The Morgan fingerprint density at radius 3 is 3.00 bits per heavy atom. The minimum Gasteiger partial charge on any atom is -0.286 e. The third kappa shape index (κ3) is 1.84. The quantitative estimate of drug-likeness (QED) is 0.807. The summed E-state index contributed by atoms with van der Waals surface area (Å²) in [5.41, 5.74) is 0.545. The van der Waals surface area contributed by atoms with Gasteiger partial charge in [0.25, 0.3) is 0 Å². The van der Waals surface area contributed by atoms with E-state index in [1.807, 2.05) is 6.92 Å². The zero-order valence-corrected chi connectivity index (χ0v) is 10.2. The number of nitrogens with zero attached hydrogens (tertiary/aromatic N) is 4. The molecule has 0 spiro atoms. The molecule has 78 valence electrons. The smallest absolute Gasteiger partial charge is 0.225 e. The lowest BCUT2D eigenvalue weighted by molar-refractivity contribution is 0.103. The summed E-state index contributed by atoms with van der Waals surface area (Å²) in [5.74, 6) is -0.101. The SMILES string of the molecule is CCn1ncc(Br)c1C(=O)c1cnns1. The minimum absolute atomic E-state index is 0.101. The summed E-state index contributed by atoms with van der Waals surface area (Å²) in [4.78, 5) is 12.5. The van der Waals surface area contributed by atoms with Crippen molar-refractivity contribution in [2.24, 2.45) is 0 Å². The average Bonchev–Trinajstić information content (AvgIpc) is 2.85. The third-order valence-electron chi connectivity index (χ3n) is 1.89. The first-order valence-electron chi connectivity index (χ1n) is 4.27. The lowest BCUT2D eigenvalue weighted by Gasteiger charge is -2.01. The predicted molar refractivity (Wildman–Crippen MR) is 58.9 cm³/mol. The second-order valence-corrected chi connectivity index (χ2v) is 4.41. The number of hydrogen-bond acceptors (Lipinski definition) is 5. The molecule has 0 atom stereocenters. The molecule has 0 radical (unpaired) electrons. The van der Waals surface area contributed by atoms with Crippen LogP contribution in [0, 0.1) is 0 Å². The fourth-order valence-electron chi connectivity index (χ4n) is 1.21. The van der Waals surface area contributed by atoms with E-state index >= 15 is 0 Å². The predicted octanol–water partition coefficient (Wildman–Crippen LogP) is 1.75. The van der Waals surface area contributed by atoms with Crippen molar-refractivity contribution in [3.05, 3.63) is 27.4 Å². The van der Waals surface area contributed by atoms with Crippen LogP contribution in [0.5, 0.6) is 0 Å². The summed E-state index contributed by atoms with van der Waals surface area (Å²) < 4.78 is 6.01. The number of aromatic nitrogens is 4. The van der Waals surface area contributed by atoms with Gasteiger partial charge in [0.15, 0.2) is 0 Å². The van der Waals surface area contributed by atoms with E-state index in [1.54, 1.807) is 10.9 Å². The molecular weight excluding hydrogens is 280 g/mol. The van der Waals surface area contributed by atoms with Crippen LogP contribution in [0.3, 0.4) is 0 Å². The molecule has 0 saturated heterocycles. The Morgan fingerprint density at radius 1 is 1.60 bits per heavy atom. The van der Waals surface area contributed by atoms with Crippen molar-refractivity contribution in [1.29, 1.82) is 0 Å². The summed E-state index contributed by atoms with van der Waals surface area (Å²) in [7, 11) is 0. The number of carbonyl (C=O) groups excluding carboxylic acids is 1. The van der Waals surface area contributed by atoms with Crippen LogP contribution in [0.25, 0.3) is 0 Å². The fourth-order valence-corrected chi connectivity index (χ4v) is 2.14. The van der Waals surface area contributed by atoms with Crippen molar-refractivity contribution in [2.75, 3.05) is 0 Å². The van der Waals surface area contributed by atoms with Crippen LogP contribution in [-0.4, -0.2) is 25.2 Å². The van der Waals surface area contributed by atoms with Gasteiger partial charge in [-0.05, 0) is 34.4 Å². The Balaban J connectivity index is 2.45. The Kier molecular flexibility index (Phi) is 2.92. The van der Waals surface area contributed by atoms with Crippen LogP contribution >= 0.6 is 27.5 Å². The number of hydrogen-bond donors (Lipinski definition) is 0. The van der Waals surface area contributed by atoms with Crippen LogP contribution in [0.4, 0.5) is 0 Å². The molecule has 2 rings (SSSR count). The molecule has 5 nitrogen and oxygen atoms in total. The molecule has 0 N–H and O–H groups in total. The van der Waals surface area contributed by atoms with E-state index in [-0.39, 0.29) is 5.78 Å². The van der Waals surface area contributed by atoms with Gasteiger partial charge < -0.3 is 0 Å². The molecular formula is C8H7BrN4OS. The van der Waals surface area contributed by atoms with Gasteiger partial charge in [-0.15, -0.1) is 5.10 Å². The largest absolute Gasteiger partial charge is 0.286 e. The summed E-state index contributed by atoms with van der Waals surface area (Å²) in [6.07, 6.45) is 3.08. The van der Waals surface area contributed by atoms with Crippen molar-refractivity contribution in [1.82, 2.24) is 19.4 Å². The molecule has 15 heavy (non-hydrogen) atoms. The van der Waals surface area contributed by atoms with E-state index in [2.05, 4.69) is 30.6 Å². The maximum Gasteiger partial charge on any atom is 0.225 e. The van der Waals surface area contributed by atoms with Crippen LogP contribution in [-0.2, 0) is 6.54 Å². The number of rotatable bonds is 3. The van der Waals surface area contributed by atoms with Gasteiger partial charge >= 0.3 is 0 Å². The number of ketones is 1. The lowest BCUT2D eigenvalue weighted by Crippen LogP contribution is -2.10. The zero-order chi connectivity index (χ0) is 10.8. The highest BCUT2D eigenvalue weighted by atomic mass is 79.9. The summed E-state index contributed by atoms with van der Waals surface area (Å²) in [6.45, 7) is 2.58. The summed E-state index contributed by atoms with van der Waals surface area (Å²) in [5, 5.41) is 7.72. The topological polar surface area (TPSA) is 60.7 Å². The minimum atomic E-state index is -0.101. The van der Waals surface area contributed by atoms with Crippen molar-refractivity contribution in [3.8, 4) is 0 Å². The number of aryl methyl sites for hydroxylation is 1. The Morgan fingerprint density at radius 2 is 2.40 bits per heavy atom. The van der Waals surface area contributed by atoms with Gasteiger partial charge in [-0.25, -0.2) is 0 Å². The summed E-state index contributed by atoms with van der Waals surface area (Å²) in [6, 6.07) is 0. The van der Waals surface area contributed by atoms with Crippen LogP contribution < -0.4 is 0 Å². The van der Waals surface area contributed by atoms with Gasteiger partial charge in [0.1, 0.15) is 10.6 Å². The first kappa shape index (κ1) is 10.4. The van der Waals surface area contributed by atoms with Crippen molar-refractivity contribution in [3.63, 3.8) is 0 Å². The van der Waals surface area contributed by atoms with Crippen LogP contribution in [0.15, 0.2) is 16.9 Å². The van der Waals surface area contributed by atoms with Gasteiger partial charge in [-0.1, -0.05) is 4.49 Å². The number of halogens is 1. The molecule has 0 fully saturated rings. The zero-order valence-electron chi connectivity index (χ0n) is 7.85. The molecule has 2 aromatic heterocycles. The molecule has 0 amide bonds. The highest BCUT2D eigenvalue weighted by molar-refractivity contribution is 9.10. The van der Waals surface area contributed by atoms with E-state index in [1.165, 1.54) is 6.20 Å². The van der Waals surface area contributed by atoms with Crippen molar-refractivity contribution < 1.29 is 4.79 Å². The van der Waals surface area contributed by atoms with Gasteiger partial charge in [-0.2, -0.15) is 5.10 Å². The van der Waals surface area contributed by atoms with Gasteiger partial charge in [0, 0.05) is 6.54 Å². The van der Waals surface area contributed by atoms with Gasteiger partial charge in [-0.3, -0.25) is 9.48 Å². The van der Waals surface area contributed by atoms with Crippen LogP contribution in [0.2, 0.25) is 0 Å².